The molecule has 39 heavy (non-hydrogen) atoms. The van der Waals surface area contributed by atoms with Crippen molar-refractivity contribution >= 4 is 11.8 Å². The lowest BCUT2D eigenvalue weighted by Crippen LogP contribution is -2.55. The summed E-state index contributed by atoms with van der Waals surface area (Å²) < 4.78 is 0. The lowest BCUT2D eigenvalue weighted by molar-refractivity contribution is -0.141. The van der Waals surface area contributed by atoms with E-state index in [9.17, 15) is 14.7 Å². The molecule has 0 atom stereocenters. The number of carbonyl (C=O) groups is 2. The number of carbonyl (C=O) groups excluding carboxylic acids is 2. The Morgan fingerprint density at radius 2 is 0.923 bits per heavy atom. The molecule has 5 aromatic carbocycles. The average molecular weight is 513 g/mol. The maximum Gasteiger partial charge on any atom is 0.279 e. The van der Waals surface area contributed by atoms with Gasteiger partial charge in [-0.05, 0) is 34.4 Å². The number of amides is 2. The van der Waals surface area contributed by atoms with E-state index in [1.54, 1.807) is 72.8 Å². The van der Waals surface area contributed by atoms with E-state index in [1.165, 1.54) is 5.01 Å². The van der Waals surface area contributed by atoms with Crippen molar-refractivity contribution in [2.45, 2.75) is 11.6 Å². The van der Waals surface area contributed by atoms with Crippen LogP contribution in [-0.4, -0.2) is 21.9 Å². The van der Waals surface area contributed by atoms with E-state index in [0.29, 0.717) is 16.7 Å². The largest absolute Gasteiger partial charge is 0.372 e. The van der Waals surface area contributed by atoms with Crippen molar-refractivity contribution in [3.63, 3.8) is 0 Å². The summed E-state index contributed by atoms with van der Waals surface area (Å²) in [5.41, 5.74) is 3.56. The molecule has 0 heterocycles. The Morgan fingerprint density at radius 1 is 0.564 bits per heavy atom. The molecule has 5 nitrogen and oxygen atoms in total. The summed E-state index contributed by atoms with van der Waals surface area (Å²) in [6.07, 6.45) is 0. The third-order valence-corrected chi connectivity index (χ3v) is 6.66. The molecule has 0 saturated carbocycles. The summed E-state index contributed by atoms with van der Waals surface area (Å²) in [4.78, 5) is 28.3. The standard InChI is InChI=1S/C34H28N2O3/c37-32(28-20-10-3-11-21-28)36(31(26-16-6-1-7-17-26)27-18-8-2-9-19-27)35-33(38)34(39,29-22-12-4-13-23-29)30-24-14-5-15-25-30/h1-25,31,39H,(H,35,38). The molecule has 0 radical (unpaired) electrons. The van der Waals surface area contributed by atoms with Crippen molar-refractivity contribution in [2.24, 2.45) is 0 Å². The highest BCUT2D eigenvalue weighted by molar-refractivity contribution is 5.98. The molecule has 2 amide bonds. The van der Waals surface area contributed by atoms with Crippen molar-refractivity contribution in [2.75, 3.05) is 0 Å². The van der Waals surface area contributed by atoms with Gasteiger partial charge in [0.1, 0.15) is 6.04 Å². The summed E-state index contributed by atoms with van der Waals surface area (Å²) in [6, 6.07) is 44.6. The molecule has 2 N–H and O–H groups in total. The van der Waals surface area contributed by atoms with E-state index in [2.05, 4.69) is 5.43 Å². The SMILES string of the molecule is O=C(c1ccccc1)N(NC(=O)C(O)(c1ccccc1)c1ccccc1)C(c1ccccc1)c1ccccc1. The van der Waals surface area contributed by atoms with Crippen molar-refractivity contribution in [3.8, 4) is 0 Å². The molecule has 0 unspecified atom stereocenters. The van der Waals surface area contributed by atoms with Crippen LogP contribution < -0.4 is 5.43 Å². The van der Waals surface area contributed by atoms with Crippen LogP contribution in [0.5, 0.6) is 0 Å². The Labute approximate surface area is 228 Å². The quantitative estimate of drug-likeness (QED) is 0.267. The van der Waals surface area contributed by atoms with Gasteiger partial charge in [-0.3, -0.25) is 15.0 Å². The van der Waals surface area contributed by atoms with Crippen LogP contribution in [-0.2, 0) is 10.4 Å². The van der Waals surface area contributed by atoms with E-state index < -0.39 is 23.5 Å². The Balaban J connectivity index is 1.65. The minimum atomic E-state index is -2.06. The first-order valence-corrected chi connectivity index (χ1v) is 12.7. The van der Waals surface area contributed by atoms with Gasteiger partial charge in [0, 0.05) is 5.56 Å². The molecule has 0 bridgehead atoms. The fourth-order valence-electron chi connectivity index (χ4n) is 4.69. The van der Waals surface area contributed by atoms with Gasteiger partial charge in [0.15, 0.2) is 5.60 Å². The van der Waals surface area contributed by atoms with Gasteiger partial charge in [-0.15, -0.1) is 0 Å². The van der Waals surface area contributed by atoms with Crippen LogP contribution in [0.2, 0.25) is 0 Å². The number of aliphatic hydroxyl groups is 1. The molecule has 0 aliphatic rings. The normalized spacial score (nSPS) is 11.1. The number of hydrogen-bond acceptors (Lipinski definition) is 3. The molecule has 192 valence electrons. The third kappa shape index (κ3) is 5.35. The van der Waals surface area contributed by atoms with Crippen LogP contribution in [0.25, 0.3) is 0 Å². The minimum absolute atomic E-state index is 0.386. The zero-order valence-electron chi connectivity index (χ0n) is 21.2. The predicted octanol–water partition coefficient (Wildman–Crippen LogP) is 5.89. The second kappa shape index (κ2) is 11.6. The van der Waals surface area contributed by atoms with Gasteiger partial charge in [-0.2, -0.15) is 0 Å². The van der Waals surface area contributed by atoms with Gasteiger partial charge >= 0.3 is 0 Å². The first-order chi connectivity index (χ1) is 19.1. The topological polar surface area (TPSA) is 69.6 Å². The van der Waals surface area contributed by atoms with Crippen LogP contribution in [0.3, 0.4) is 0 Å². The highest BCUT2D eigenvalue weighted by Gasteiger charge is 2.42. The highest BCUT2D eigenvalue weighted by atomic mass is 16.3. The van der Waals surface area contributed by atoms with E-state index in [4.69, 9.17) is 0 Å². The number of benzene rings is 5. The molecule has 0 aliphatic heterocycles. The molecule has 0 saturated heterocycles. The van der Waals surface area contributed by atoms with Gasteiger partial charge < -0.3 is 5.11 Å². The third-order valence-electron chi connectivity index (χ3n) is 6.66. The van der Waals surface area contributed by atoms with E-state index in [-0.39, 0.29) is 0 Å². The summed E-state index contributed by atoms with van der Waals surface area (Å²) in [5, 5.41) is 13.4. The van der Waals surface area contributed by atoms with Gasteiger partial charge in [0.05, 0.1) is 0 Å². The van der Waals surface area contributed by atoms with Crippen molar-refractivity contribution in [3.05, 3.63) is 179 Å². The molecule has 5 aromatic rings. The fraction of sp³-hybridized carbons (Fsp3) is 0.0588. The Kier molecular flexibility index (Phi) is 7.62. The molecular weight excluding hydrogens is 484 g/mol. The number of hydrogen-bond donors (Lipinski definition) is 2. The average Bonchev–Trinajstić information content (AvgIpc) is 3.02. The van der Waals surface area contributed by atoms with Gasteiger partial charge in [0.25, 0.3) is 11.8 Å². The number of rotatable bonds is 7. The predicted molar refractivity (Wildman–Crippen MR) is 151 cm³/mol. The molecule has 0 fully saturated rings. The minimum Gasteiger partial charge on any atom is -0.372 e. The van der Waals surface area contributed by atoms with Crippen LogP contribution in [0, 0.1) is 0 Å². The molecular formula is C34H28N2O3. The first-order valence-electron chi connectivity index (χ1n) is 12.7. The second-order valence-electron chi connectivity index (χ2n) is 9.15. The Hall–Kier alpha value is -5.00. The smallest absolute Gasteiger partial charge is 0.279 e. The van der Waals surface area contributed by atoms with Crippen LogP contribution in [0.1, 0.15) is 38.7 Å². The summed E-state index contributed by atoms with van der Waals surface area (Å²) in [5.74, 6) is -1.16. The first kappa shape index (κ1) is 25.6. The number of nitrogens with one attached hydrogen (secondary N) is 1. The van der Waals surface area contributed by atoms with Crippen LogP contribution in [0.4, 0.5) is 0 Å². The van der Waals surface area contributed by atoms with Gasteiger partial charge in [-0.1, -0.05) is 140 Å². The summed E-state index contributed by atoms with van der Waals surface area (Å²) in [7, 11) is 0. The lowest BCUT2D eigenvalue weighted by Gasteiger charge is -2.36. The van der Waals surface area contributed by atoms with E-state index in [0.717, 1.165) is 11.1 Å². The monoisotopic (exact) mass is 512 g/mol. The highest BCUT2D eigenvalue weighted by Crippen LogP contribution is 2.33. The van der Waals surface area contributed by atoms with Crippen LogP contribution in [0.15, 0.2) is 152 Å². The Morgan fingerprint density at radius 3 is 1.33 bits per heavy atom. The second-order valence-corrected chi connectivity index (χ2v) is 9.15. The van der Waals surface area contributed by atoms with E-state index >= 15 is 0 Å². The van der Waals surface area contributed by atoms with Crippen molar-refractivity contribution in [1.29, 1.82) is 0 Å². The van der Waals surface area contributed by atoms with Gasteiger partial charge in [0.2, 0.25) is 0 Å². The molecule has 0 spiro atoms. The van der Waals surface area contributed by atoms with Gasteiger partial charge in [-0.25, -0.2) is 5.01 Å². The van der Waals surface area contributed by atoms with E-state index in [1.807, 2.05) is 78.9 Å². The maximum atomic E-state index is 14.2. The van der Waals surface area contributed by atoms with Crippen molar-refractivity contribution in [1.82, 2.24) is 10.4 Å². The summed E-state index contributed by atoms with van der Waals surface area (Å²) in [6.45, 7) is 0. The summed E-state index contributed by atoms with van der Waals surface area (Å²) >= 11 is 0. The fourth-order valence-corrected chi connectivity index (χ4v) is 4.69. The van der Waals surface area contributed by atoms with Crippen LogP contribution >= 0.6 is 0 Å². The zero-order valence-corrected chi connectivity index (χ0v) is 21.2. The molecule has 5 rings (SSSR count). The zero-order chi connectivity index (χ0) is 27.1. The molecule has 0 aliphatic carbocycles. The number of nitrogens with zero attached hydrogens (tertiary/aromatic N) is 1. The van der Waals surface area contributed by atoms with Crippen molar-refractivity contribution < 1.29 is 14.7 Å². The lowest BCUT2D eigenvalue weighted by atomic mass is 9.85. The Bertz CT molecular complexity index is 1430. The molecule has 5 heteroatoms. The number of hydrazine groups is 1. The molecule has 0 aromatic heterocycles. The maximum absolute atomic E-state index is 14.2.